The molecule has 0 aromatic heterocycles. The normalized spacial score (nSPS) is 9.54. The van der Waals surface area contributed by atoms with E-state index in [0.717, 1.165) is 0 Å². The molecule has 5 heteroatoms. The summed E-state index contributed by atoms with van der Waals surface area (Å²) in [5, 5.41) is 12.0. The summed E-state index contributed by atoms with van der Waals surface area (Å²) in [5.41, 5.74) is 0.395. The molecule has 0 saturated carbocycles. The average Bonchev–Trinajstić information content (AvgIpc) is 2.63. The van der Waals surface area contributed by atoms with E-state index in [9.17, 15) is 14.9 Å². The number of nitrogens with zero attached hydrogens (tertiary/aromatic N) is 1. The van der Waals surface area contributed by atoms with Crippen LogP contribution < -0.4 is 5.30 Å². The number of hydrogen-bond acceptors (Lipinski definition) is 3. The molecule has 0 spiro atoms. The molecule has 0 aliphatic carbocycles. The van der Waals surface area contributed by atoms with Crippen LogP contribution in [0.2, 0.25) is 0 Å². The van der Waals surface area contributed by atoms with E-state index in [1.807, 2.05) is 30.3 Å². The van der Waals surface area contributed by atoms with Crippen LogP contribution in [0.1, 0.15) is 15.9 Å². The predicted octanol–water partition coefficient (Wildman–Crippen LogP) is 4.01. The van der Waals surface area contributed by atoms with Crippen LogP contribution in [0.4, 0.5) is 5.69 Å². The van der Waals surface area contributed by atoms with E-state index in [1.54, 1.807) is 42.5 Å². The Labute approximate surface area is 142 Å². The van der Waals surface area contributed by atoms with Crippen molar-refractivity contribution >= 4 is 26.0 Å². The number of carbonyl (C=O) groups excluding carboxylic acids is 1. The number of hydrogen-bond donors (Lipinski definition) is 0. The summed E-state index contributed by atoms with van der Waals surface area (Å²) in [6.45, 7) is 0. The zero-order valence-electron chi connectivity index (χ0n) is 12.8. The minimum absolute atomic E-state index is 0.115. The third kappa shape index (κ3) is 4.83. The van der Waals surface area contributed by atoms with Gasteiger partial charge in [0.15, 0.2) is 5.78 Å². The van der Waals surface area contributed by atoms with Gasteiger partial charge in [0.05, 0.1) is 4.92 Å². The lowest BCUT2D eigenvalue weighted by molar-refractivity contribution is -0.385. The third-order valence-electron chi connectivity index (χ3n) is 3.18. The Hall–Kier alpha value is -2.84. The third-order valence-corrected chi connectivity index (χ3v) is 3.57. The number of nitro groups is 1. The van der Waals surface area contributed by atoms with E-state index in [4.69, 9.17) is 0 Å². The largest absolute Gasteiger partial charge is 0.288 e. The number of benzene rings is 3. The molecule has 24 heavy (non-hydrogen) atoms. The minimum Gasteiger partial charge on any atom is -0.288 e. The molecule has 0 aliphatic rings. The van der Waals surface area contributed by atoms with Crippen molar-refractivity contribution in [3.8, 4) is 0 Å². The molecule has 1 atom stereocenters. The molecular weight excluding hydrogens is 321 g/mol. The van der Waals surface area contributed by atoms with Crippen LogP contribution in [0.3, 0.4) is 0 Å². The summed E-state index contributed by atoms with van der Waals surface area (Å²) in [6.07, 6.45) is 0. The molecule has 3 aromatic rings. The van der Waals surface area contributed by atoms with E-state index in [2.05, 4.69) is 9.24 Å². The topological polar surface area (TPSA) is 60.2 Å². The number of rotatable bonds is 3. The molecule has 0 heterocycles. The second-order valence-electron chi connectivity index (χ2n) is 4.88. The van der Waals surface area contributed by atoms with Crippen molar-refractivity contribution in [3.63, 3.8) is 0 Å². The first-order chi connectivity index (χ1) is 11.6. The van der Waals surface area contributed by atoms with Gasteiger partial charge in [-0.2, -0.15) is 0 Å². The quantitative estimate of drug-likeness (QED) is 0.314. The van der Waals surface area contributed by atoms with E-state index in [1.165, 1.54) is 17.4 Å². The molecule has 120 valence electrons. The van der Waals surface area contributed by atoms with Crippen molar-refractivity contribution in [2.24, 2.45) is 0 Å². The van der Waals surface area contributed by atoms with Crippen molar-refractivity contribution in [1.29, 1.82) is 0 Å². The molecule has 0 amide bonds. The molecule has 3 aromatic carbocycles. The van der Waals surface area contributed by atoms with Gasteiger partial charge in [0.2, 0.25) is 0 Å². The van der Waals surface area contributed by atoms with Crippen LogP contribution >= 0.6 is 9.24 Å². The first kappa shape index (κ1) is 17.5. The monoisotopic (exact) mass is 337 g/mol. The van der Waals surface area contributed by atoms with Crippen LogP contribution in [-0.2, 0) is 0 Å². The van der Waals surface area contributed by atoms with Crippen molar-refractivity contribution in [2.45, 2.75) is 0 Å². The predicted molar refractivity (Wildman–Crippen MR) is 98.8 cm³/mol. The summed E-state index contributed by atoms with van der Waals surface area (Å²) < 4.78 is 0. The van der Waals surface area contributed by atoms with Gasteiger partial charge in [-0.05, 0) is 11.4 Å². The van der Waals surface area contributed by atoms with Crippen LogP contribution in [0.15, 0.2) is 84.9 Å². The molecule has 1 unspecified atom stereocenters. The van der Waals surface area contributed by atoms with Crippen molar-refractivity contribution in [1.82, 2.24) is 0 Å². The Morgan fingerprint density at radius 1 is 0.792 bits per heavy atom. The molecule has 0 N–H and O–H groups in total. The average molecular weight is 337 g/mol. The second-order valence-corrected chi connectivity index (χ2v) is 5.55. The molecule has 0 saturated heterocycles. The highest BCUT2D eigenvalue weighted by Gasteiger charge is 2.19. The van der Waals surface area contributed by atoms with Crippen LogP contribution in [-0.4, -0.2) is 10.7 Å². The summed E-state index contributed by atoms with van der Waals surface area (Å²) in [5.74, 6) is -0.335. The number of carbonyl (C=O) groups is 1. The first-order valence-electron chi connectivity index (χ1n) is 7.23. The Morgan fingerprint density at radius 2 is 1.29 bits per heavy atom. The Bertz CT molecular complexity index is 820. The van der Waals surface area contributed by atoms with Crippen LogP contribution in [0.5, 0.6) is 0 Å². The Morgan fingerprint density at radius 3 is 1.79 bits per heavy atom. The van der Waals surface area contributed by atoms with Crippen molar-refractivity contribution in [2.75, 3.05) is 0 Å². The fourth-order valence-electron chi connectivity index (χ4n) is 2.02. The second kappa shape index (κ2) is 8.70. The maximum Gasteiger partial charge on any atom is 0.280 e. The standard InChI is InChI=1S/C13H9NO3.C6H7P/c15-13(10-6-2-1-3-7-10)11-8-4-5-9-12(11)14(16)17;7-6-4-2-1-3-5-6/h1-9H;1-5H,7H2. The molecule has 0 bridgehead atoms. The summed E-state index contributed by atoms with van der Waals surface area (Å²) in [4.78, 5) is 22.3. The lowest BCUT2D eigenvalue weighted by Crippen LogP contribution is -2.04. The molecule has 0 radical (unpaired) electrons. The van der Waals surface area contributed by atoms with Gasteiger partial charge in [-0.25, -0.2) is 0 Å². The number of ketones is 1. The van der Waals surface area contributed by atoms with Gasteiger partial charge < -0.3 is 0 Å². The number of nitro benzene ring substituents is 1. The van der Waals surface area contributed by atoms with Gasteiger partial charge in [-0.1, -0.05) is 72.8 Å². The van der Waals surface area contributed by atoms with E-state index in [0.29, 0.717) is 5.56 Å². The van der Waals surface area contributed by atoms with E-state index < -0.39 is 4.92 Å². The number of para-hydroxylation sites is 1. The van der Waals surface area contributed by atoms with Gasteiger partial charge >= 0.3 is 0 Å². The smallest absolute Gasteiger partial charge is 0.280 e. The van der Waals surface area contributed by atoms with Crippen molar-refractivity contribution in [3.05, 3.63) is 106 Å². The highest BCUT2D eigenvalue weighted by atomic mass is 31.0. The SMILES string of the molecule is O=C(c1ccccc1)c1ccccc1[N+](=O)[O-].Pc1ccccc1. The van der Waals surface area contributed by atoms with Gasteiger partial charge in [-0.3, -0.25) is 14.9 Å². The molecular formula is C19H16NO3P. The fourth-order valence-corrected chi connectivity index (χ4v) is 2.25. The zero-order valence-corrected chi connectivity index (χ0v) is 14.0. The summed E-state index contributed by atoms with van der Waals surface area (Å²) >= 11 is 0. The summed E-state index contributed by atoms with van der Waals surface area (Å²) in [6, 6.07) is 24.6. The van der Waals surface area contributed by atoms with E-state index >= 15 is 0 Å². The van der Waals surface area contributed by atoms with E-state index in [-0.39, 0.29) is 17.0 Å². The van der Waals surface area contributed by atoms with Gasteiger partial charge in [0.1, 0.15) is 5.56 Å². The minimum atomic E-state index is -0.545. The van der Waals surface area contributed by atoms with Gasteiger partial charge in [0, 0.05) is 11.6 Å². The molecule has 0 aliphatic heterocycles. The maximum atomic E-state index is 12.1. The lowest BCUT2D eigenvalue weighted by Gasteiger charge is -2.01. The highest BCUT2D eigenvalue weighted by Crippen LogP contribution is 2.20. The summed E-state index contributed by atoms with van der Waals surface area (Å²) in [7, 11) is 2.63. The van der Waals surface area contributed by atoms with Gasteiger partial charge in [0.25, 0.3) is 5.69 Å². The van der Waals surface area contributed by atoms with Crippen molar-refractivity contribution < 1.29 is 9.72 Å². The molecule has 3 rings (SSSR count). The van der Waals surface area contributed by atoms with Crippen LogP contribution in [0.25, 0.3) is 0 Å². The fraction of sp³-hybridized carbons (Fsp3) is 0. The Balaban J connectivity index is 0.000000249. The lowest BCUT2D eigenvalue weighted by atomic mass is 10.0. The van der Waals surface area contributed by atoms with Gasteiger partial charge in [-0.15, -0.1) is 9.24 Å². The first-order valence-corrected chi connectivity index (χ1v) is 7.81. The Kier molecular flexibility index (Phi) is 6.35. The zero-order chi connectivity index (χ0) is 17.4. The molecule has 0 fully saturated rings. The molecule has 4 nitrogen and oxygen atoms in total. The highest BCUT2D eigenvalue weighted by molar-refractivity contribution is 7.27. The van der Waals surface area contributed by atoms with Crippen LogP contribution in [0, 0.1) is 10.1 Å². The maximum absolute atomic E-state index is 12.1.